The summed E-state index contributed by atoms with van der Waals surface area (Å²) in [4.78, 5) is 12.3. The minimum absolute atomic E-state index is 0.00346. The average Bonchev–Trinajstić information content (AvgIpc) is 3.13. The van der Waals surface area contributed by atoms with Gasteiger partial charge in [0.2, 0.25) is 0 Å². The van der Waals surface area contributed by atoms with Crippen molar-refractivity contribution in [2.24, 2.45) is 0 Å². The summed E-state index contributed by atoms with van der Waals surface area (Å²) in [5.74, 6) is -1.50. The summed E-state index contributed by atoms with van der Waals surface area (Å²) in [5, 5.41) is 6.85. The largest absolute Gasteiger partial charge is 0.470 e. The summed E-state index contributed by atoms with van der Waals surface area (Å²) in [6, 6.07) is 9.59. The molecule has 0 aliphatic heterocycles. The lowest BCUT2D eigenvalue weighted by Crippen LogP contribution is -2.15. The van der Waals surface area contributed by atoms with Crippen LogP contribution in [0.2, 0.25) is 5.02 Å². The van der Waals surface area contributed by atoms with Crippen LogP contribution in [0.3, 0.4) is 0 Å². The quantitative estimate of drug-likeness (QED) is 0.586. The van der Waals surface area contributed by atoms with E-state index in [9.17, 15) is 18.0 Å². The molecule has 29 heavy (non-hydrogen) atoms. The Balaban J connectivity index is 1.67. The van der Waals surface area contributed by atoms with Gasteiger partial charge >= 0.3 is 6.61 Å². The highest BCUT2D eigenvalue weighted by Gasteiger charge is 2.16. The Bertz CT molecular complexity index is 1030. The van der Waals surface area contributed by atoms with E-state index in [2.05, 4.69) is 15.2 Å². The molecule has 0 saturated heterocycles. The van der Waals surface area contributed by atoms with Gasteiger partial charge in [-0.1, -0.05) is 17.7 Å². The Hall–Kier alpha value is -3.20. The topological polar surface area (TPSA) is 65.4 Å². The predicted octanol–water partition coefficient (Wildman–Crippen LogP) is 4.87. The van der Waals surface area contributed by atoms with Gasteiger partial charge in [0.25, 0.3) is 5.91 Å². The number of ether oxygens (including phenoxy) is 2. The molecular weight excluding hydrogens is 411 g/mol. The second kappa shape index (κ2) is 8.87. The third-order valence-electron chi connectivity index (χ3n) is 3.72. The molecule has 10 heteroatoms. The number of anilines is 1. The summed E-state index contributed by atoms with van der Waals surface area (Å²) < 4.78 is 49.4. The number of alkyl halides is 2. The van der Waals surface area contributed by atoms with E-state index < -0.39 is 24.1 Å². The summed E-state index contributed by atoms with van der Waals surface area (Å²) in [5.41, 5.74) is 0.844. The van der Waals surface area contributed by atoms with Crippen molar-refractivity contribution in [3.63, 3.8) is 0 Å². The fraction of sp³-hybridized carbons (Fsp3) is 0.158. The second-order valence-electron chi connectivity index (χ2n) is 5.92. The SMILES string of the molecule is Cc1ccc(Cl)c(OCn2ccc(C(=O)Nc3ccc(F)cc3OC(F)F)n2)c1. The van der Waals surface area contributed by atoms with Crippen LogP contribution in [-0.2, 0) is 6.73 Å². The van der Waals surface area contributed by atoms with Crippen molar-refractivity contribution < 1.29 is 27.4 Å². The fourth-order valence-electron chi connectivity index (χ4n) is 2.39. The van der Waals surface area contributed by atoms with Crippen LogP contribution in [0.4, 0.5) is 18.9 Å². The number of aryl methyl sites for hydroxylation is 1. The monoisotopic (exact) mass is 425 g/mol. The van der Waals surface area contributed by atoms with Gasteiger partial charge in [0.1, 0.15) is 11.6 Å². The average molecular weight is 426 g/mol. The lowest BCUT2D eigenvalue weighted by atomic mass is 10.2. The molecule has 2 aromatic carbocycles. The zero-order chi connectivity index (χ0) is 21.0. The van der Waals surface area contributed by atoms with Crippen molar-refractivity contribution in [3.8, 4) is 11.5 Å². The van der Waals surface area contributed by atoms with Gasteiger partial charge in [-0.05, 0) is 42.8 Å². The summed E-state index contributed by atoms with van der Waals surface area (Å²) in [7, 11) is 0. The van der Waals surface area contributed by atoms with Gasteiger partial charge in [0.15, 0.2) is 18.2 Å². The first-order chi connectivity index (χ1) is 13.8. The van der Waals surface area contributed by atoms with E-state index in [-0.39, 0.29) is 18.1 Å². The van der Waals surface area contributed by atoms with Gasteiger partial charge in [-0.15, -0.1) is 0 Å². The van der Waals surface area contributed by atoms with E-state index in [0.717, 1.165) is 23.8 Å². The molecular formula is C19H15ClF3N3O3. The Morgan fingerprint density at radius 2 is 2.00 bits per heavy atom. The van der Waals surface area contributed by atoms with Gasteiger partial charge in [-0.3, -0.25) is 4.79 Å². The first kappa shape index (κ1) is 20.5. The summed E-state index contributed by atoms with van der Waals surface area (Å²) >= 11 is 6.06. The molecule has 0 saturated carbocycles. The van der Waals surface area contributed by atoms with Gasteiger partial charge in [0.05, 0.1) is 10.7 Å². The molecule has 0 atom stereocenters. The Morgan fingerprint density at radius 1 is 1.21 bits per heavy atom. The van der Waals surface area contributed by atoms with Crippen LogP contribution in [0.15, 0.2) is 48.7 Å². The van der Waals surface area contributed by atoms with Crippen molar-refractivity contribution in [1.82, 2.24) is 9.78 Å². The highest BCUT2D eigenvalue weighted by Crippen LogP contribution is 2.28. The smallest absolute Gasteiger partial charge is 0.387 e. The number of hydrogen-bond donors (Lipinski definition) is 1. The third-order valence-corrected chi connectivity index (χ3v) is 4.03. The van der Waals surface area contributed by atoms with Crippen LogP contribution in [-0.4, -0.2) is 22.3 Å². The number of nitrogens with one attached hydrogen (secondary N) is 1. The molecule has 3 aromatic rings. The Kier molecular flexibility index (Phi) is 6.28. The zero-order valence-corrected chi connectivity index (χ0v) is 15.8. The molecule has 0 aliphatic carbocycles. The van der Waals surface area contributed by atoms with E-state index in [1.165, 1.54) is 16.9 Å². The number of amides is 1. The molecule has 1 heterocycles. The van der Waals surface area contributed by atoms with E-state index in [1.54, 1.807) is 12.1 Å². The molecule has 1 aromatic heterocycles. The van der Waals surface area contributed by atoms with E-state index in [1.807, 2.05) is 13.0 Å². The van der Waals surface area contributed by atoms with Crippen molar-refractivity contribution in [2.45, 2.75) is 20.3 Å². The van der Waals surface area contributed by atoms with E-state index >= 15 is 0 Å². The molecule has 152 valence electrons. The predicted molar refractivity (Wildman–Crippen MR) is 100 cm³/mol. The number of carbonyl (C=O) groups is 1. The molecule has 0 bridgehead atoms. The van der Waals surface area contributed by atoms with Gasteiger partial charge in [-0.2, -0.15) is 13.9 Å². The fourth-order valence-corrected chi connectivity index (χ4v) is 2.56. The maximum atomic E-state index is 13.3. The number of nitrogens with zero attached hydrogens (tertiary/aromatic N) is 2. The van der Waals surface area contributed by atoms with Crippen molar-refractivity contribution in [2.75, 3.05) is 5.32 Å². The number of carbonyl (C=O) groups excluding carboxylic acids is 1. The number of rotatable bonds is 7. The first-order valence-electron chi connectivity index (χ1n) is 8.30. The molecule has 0 radical (unpaired) electrons. The minimum atomic E-state index is -3.17. The normalized spacial score (nSPS) is 10.8. The van der Waals surface area contributed by atoms with Gasteiger partial charge < -0.3 is 14.8 Å². The molecule has 6 nitrogen and oxygen atoms in total. The lowest BCUT2D eigenvalue weighted by molar-refractivity contribution is -0.0495. The van der Waals surface area contributed by atoms with Crippen LogP contribution < -0.4 is 14.8 Å². The van der Waals surface area contributed by atoms with Crippen LogP contribution in [0, 0.1) is 12.7 Å². The maximum absolute atomic E-state index is 13.3. The van der Waals surface area contributed by atoms with Crippen LogP contribution in [0.25, 0.3) is 0 Å². The van der Waals surface area contributed by atoms with Crippen LogP contribution >= 0.6 is 11.6 Å². The van der Waals surface area contributed by atoms with Crippen molar-refractivity contribution in [3.05, 3.63) is 70.8 Å². The highest BCUT2D eigenvalue weighted by atomic mass is 35.5. The summed E-state index contributed by atoms with van der Waals surface area (Å²) in [6.45, 7) is -1.29. The molecule has 0 fully saturated rings. The van der Waals surface area contributed by atoms with Crippen molar-refractivity contribution in [1.29, 1.82) is 0 Å². The standard InChI is InChI=1S/C19H15ClF3N3O3/c1-11-2-4-13(20)16(8-11)28-10-26-7-6-15(25-26)18(27)24-14-5-3-12(21)9-17(14)29-19(22)23/h2-9,19H,10H2,1H3,(H,24,27). The Morgan fingerprint density at radius 3 is 2.76 bits per heavy atom. The number of aromatic nitrogens is 2. The zero-order valence-electron chi connectivity index (χ0n) is 15.0. The van der Waals surface area contributed by atoms with Gasteiger partial charge in [-0.25, -0.2) is 9.07 Å². The molecule has 3 rings (SSSR count). The van der Waals surface area contributed by atoms with Gasteiger partial charge in [0, 0.05) is 12.3 Å². The second-order valence-corrected chi connectivity index (χ2v) is 6.33. The molecule has 0 unspecified atom stereocenters. The molecule has 1 N–H and O–H groups in total. The summed E-state index contributed by atoms with van der Waals surface area (Å²) in [6.07, 6.45) is 1.50. The van der Waals surface area contributed by atoms with E-state index in [0.29, 0.717) is 10.8 Å². The van der Waals surface area contributed by atoms with Crippen LogP contribution in [0.1, 0.15) is 16.1 Å². The molecule has 1 amide bonds. The lowest BCUT2D eigenvalue weighted by Gasteiger charge is -2.11. The minimum Gasteiger partial charge on any atom is -0.470 e. The third kappa shape index (κ3) is 5.41. The molecule has 0 spiro atoms. The first-order valence-corrected chi connectivity index (χ1v) is 8.68. The maximum Gasteiger partial charge on any atom is 0.387 e. The van der Waals surface area contributed by atoms with E-state index in [4.69, 9.17) is 16.3 Å². The van der Waals surface area contributed by atoms with Crippen molar-refractivity contribution >= 4 is 23.2 Å². The highest BCUT2D eigenvalue weighted by molar-refractivity contribution is 6.32. The van der Waals surface area contributed by atoms with Crippen LogP contribution in [0.5, 0.6) is 11.5 Å². The number of halogens is 4. The molecule has 0 aliphatic rings. The number of hydrogen-bond acceptors (Lipinski definition) is 4. The Labute approximate surface area is 168 Å². The number of benzene rings is 2.